The van der Waals surface area contributed by atoms with Gasteiger partial charge in [-0.2, -0.15) is 4.98 Å². The predicted molar refractivity (Wildman–Crippen MR) is 63.2 cm³/mol. The van der Waals surface area contributed by atoms with Crippen molar-refractivity contribution in [1.29, 1.82) is 0 Å². The maximum atomic E-state index is 11.7. The third kappa shape index (κ3) is 3.07. The minimum Gasteiger partial charge on any atom is -0.508 e. The van der Waals surface area contributed by atoms with Crippen molar-refractivity contribution in [3.63, 3.8) is 0 Å². The van der Waals surface area contributed by atoms with Crippen LogP contribution in [0.4, 0.5) is 0 Å². The average Bonchev–Trinajstić information content (AvgIpc) is 2.76. The van der Waals surface area contributed by atoms with Crippen molar-refractivity contribution < 1.29 is 14.4 Å². The number of nitrogens with one attached hydrogen (secondary N) is 1. The van der Waals surface area contributed by atoms with Crippen LogP contribution in [0.2, 0.25) is 0 Å². The number of benzene rings is 1. The van der Waals surface area contributed by atoms with Crippen LogP contribution in [-0.2, 0) is 6.42 Å². The Morgan fingerprint density at radius 2 is 2.11 bits per heavy atom. The monoisotopic (exact) mass is 247 g/mol. The van der Waals surface area contributed by atoms with E-state index < -0.39 is 0 Å². The highest BCUT2D eigenvalue weighted by Crippen LogP contribution is 2.09. The molecule has 0 radical (unpaired) electrons. The second-order valence-corrected chi connectivity index (χ2v) is 3.78. The van der Waals surface area contributed by atoms with Crippen molar-refractivity contribution in [3.05, 3.63) is 41.5 Å². The molecule has 0 saturated carbocycles. The molecule has 2 aromatic rings. The Kier molecular flexibility index (Phi) is 3.57. The van der Waals surface area contributed by atoms with Gasteiger partial charge in [-0.1, -0.05) is 5.16 Å². The van der Waals surface area contributed by atoms with Crippen LogP contribution in [0.1, 0.15) is 22.1 Å². The van der Waals surface area contributed by atoms with Gasteiger partial charge in [-0.25, -0.2) is 0 Å². The third-order valence-corrected chi connectivity index (χ3v) is 2.33. The number of aryl methyl sites for hydroxylation is 1. The molecule has 2 N–H and O–H groups in total. The molecular weight excluding hydrogens is 234 g/mol. The number of phenols is 1. The number of aromatic nitrogens is 2. The number of aromatic hydroxyl groups is 1. The van der Waals surface area contributed by atoms with E-state index in [1.165, 1.54) is 12.1 Å². The molecule has 1 aromatic carbocycles. The molecule has 0 fully saturated rings. The standard InChI is InChI=1S/C12H13N3O3/c1-8-14-11(15-18-8)6-7-13-12(17)9-2-4-10(16)5-3-9/h2-5,16H,6-7H2,1H3,(H,13,17). The Balaban J connectivity index is 1.83. The molecule has 0 bridgehead atoms. The minimum absolute atomic E-state index is 0.133. The quantitative estimate of drug-likeness (QED) is 0.843. The molecule has 1 heterocycles. The van der Waals surface area contributed by atoms with Crippen molar-refractivity contribution in [1.82, 2.24) is 15.5 Å². The average molecular weight is 247 g/mol. The molecule has 1 amide bonds. The first-order chi connectivity index (χ1) is 8.65. The normalized spacial score (nSPS) is 10.3. The summed E-state index contributed by atoms with van der Waals surface area (Å²) in [6.07, 6.45) is 0.515. The Morgan fingerprint density at radius 3 is 2.72 bits per heavy atom. The lowest BCUT2D eigenvalue weighted by Gasteiger charge is -2.03. The van der Waals surface area contributed by atoms with Crippen LogP contribution in [0.5, 0.6) is 5.75 Å². The second-order valence-electron chi connectivity index (χ2n) is 3.78. The lowest BCUT2D eigenvalue weighted by atomic mass is 10.2. The van der Waals surface area contributed by atoms with E-state index in [1.54, 1.807) is 19.1 Å². The zero-order chi connectivity index (χ0) is 13.0. The molecule has 0 saturated heterocycles. The first-order valence-corrected chi connectivity index (χ1v) is 5.51. The van der Waals surface area contributed by atoms with E-state index in [0.29, 0.717) is 30.2 Å². The van der Waals surface area contributed by atoms with Gasteiger partial charge in [0.2, 0.25) is 5.89 Å². The summed E-state index contributed by atoms with van der Waals surface area (Å²) < 4.78 is 4.82. The molecule has 1 aromatic heterocycles. The van der Waals surface area contributed by atoms with E-state index in [4.69, 9.17) is 9.63 Å². The Morgan fingerprint density at radius 1 is 1.39 bits per heavy atom. The molecule has 18 heavy (non-hydrogen) atoms. The van der Waals surface area contributed by atoms with E-state index in [-0.39, 0.29) is 11.7 Å². The number of nitrogens with zero attached hydrogens (tertiary/aromatic N) is 2. The van der Waals surface area contributed by atoms with Crippen LogP contribution in [0.15, 0.2) is 28.8 Å². The summed E-state index contributed by atoms with van der Waals surface area (Å²) in [7, 11) is 0. The van der Waals surface area contributed by atoms with E-state index in [1.807, 2.05) is 0 Å². The first kappa shape index (κ1) is 12.1. The number of carbonyl (C=O) groups excluding carboxylic acids is 1. The third-order valence-electron chi connectivity index (χ3n) is 2.33. The van der Waals surface area contributed by atoms with Crippen LogP contribution in [0, 0.1) is 6.92 Å². The molecule has 0 aliphatic rings. The van der Waals surface area contributed by atoms with Gasteiger partial charge in [0.15, 0.2) is 5.82 Å². The first-order valence-electron chi connectivity index (χ1n) is 5.51. The fraction of sp³-hybridized carbons (Fsp3) is 0.250. The fourth-order valence-corrected chi connectivity index (χ4v) is 1.45. The Hall–Kier alpha value is -2.37. The van der Waals surface area contributed by atoms with E-state index in [0.717, 1.165) is 0 Å². The van der Waals surface area contributed by atoms with E-state index >= 15 is 0 Å². The number of amides is 1. The van der Waals surface area contributed by atoms with Crippen molar-refractivity contribution in [2.75, 3.05) is 6.54 Å². The molecule has 0 spiro atoms. The smallest absolute Gasteiger partial charge is 0.251 e. The predicted octanol–water partition coefficient (Wildman–Crippen LogP) is 1.06. The highest BCUT2D eigenvalue weighted by Gasteiger charge is 2.06. The van der Waals surface area contributed by atoms with Gasteiger partial charge >= 0.3 is 0 Å². The molecule has 6 nitrogen and oxygen atoms in total. The van der Waals surface area contributed by atoms with Gasteiger partial charge in [-0.15, -0.1) is 0 Å². The summed E-state index contributed by atoms with van der Waals surface area (Å²) in [5, 5.41) is 15.6. The van der Waals surface area contributed by atoms with E-state index in [9.17, 15) is 4.79 Å². The zero-order valence-corrected chi connectivity index (χ0v) is 9.88. The van der Waals surface area contributed by atoms with Gasteiger partial charge in [-0.3, -0.25) is 4.79 Å². The Labute approximate surface area is 104 Å². The summed E-state index contributed by atoms with van der Waals surface area (Å²) in [5.41, 5.74) is 0.497. The lowest BCUT2D eigenvalue weighted by molar-refractivity contribution is 0.0954. The fourth-order valence-electron chi connectivity index (χ4n) is 1.45. The summed E-state index contributed by atoms with van der Waals surface area (Å²) in [5.74, 6) is 1.01. The van der Waals surface area contributed by atoms with Crippen molar-refractivity contribution in [2.24, 2.45) is 0 Å². The van der Waals surface area contributed by atoms with Crippen LogP contribution in [-0.4, -0.2) is 27.7 Å². The molecular formula is C12H13N3O3. The summed E-state index contributed by atoms with van der Waals surface area (Å²) in [4.78, 5) is 15.7. The van der Waals surface area contributed by atoms with Gasteiger partial charge in [0.1, 0.15) is 5.75 Å². The molecule has 0 unspecified atom stereocenters. The summed E-state index contributed by atoms with van der Waals surface area (Å²) in [6, 6.07) is 6.06. The largest absolute Gasteiger partial charge is 0.508 e. The highest BCUT2D eigenvalue weighted by atomic mass is 16.5. The maximum absolute atomic E-state index is 11.7. The molecule has 0 atom stereocenters. The number of hydrogen-bond acceptors (Lipinski definition) is 5. The molecule has 0 aliphatic heterocycles. The molecule has 2 rings (SSSR count). The van der Waals surface area contributed by atoms with Gasteiger partial charge in [0.05, 0.1) is 0 Å². The summed E-state index contributed by atoms with van der Waals surface area (Å²) >= 11 is 0. The number of hydrogen-bond donors (Lipinski definition) is 2. The molecule has 0 aliphatic carbocycles. The van der Waals surface area contributed by atoms with Gasteiger partial charge in [0, 0.05) is 25.5 Å². The second kappa shape index (κ2) is 5.31. The highest BCUT2D eigenvalue weighted by molar-refractivity contribution is 5.94. The van der Waals surface area contributed by atoms with Crippen LogP contribution >= 0.6 is 0 Å². The van der Waals surface area contributed by atoms with Gasteiger partial charge < -0.3 is 14.9 Å². The number of carbonyl (C=O) groups is 1. The van der Waals surface area contributed by atoms with Crippen molar-refractivity contribution in [3.8, 4) is 5.75 Å². The maximum Gasteiger partial charge on any atom is 0.251 e. The topological polar surface area (TPSA) is 88.2 Å². The van der Waals surface area contributed by atoms with E-state index in [2.05, 4.69) is 15.5 Å². The number of rotatable bonds is 4. The molecule has 94 valence electrons. The summed E-state index contributed by atoms with van der Waals surface area (Å²) in [6.45, 7) is 2.14. The van der Waals surface area contributed by atoms with Crippen LogP contribution in [0.3, 0.4) is 0 Å². The Bertz CT molecular complexity index is 534. The molecule has 6 heteroatoms. The van der Waals surface area contributed by atoms with Gasteiger partial charge in [-0.05, 0) is 24.3 Å². The number of phenolic OH excluding ortho intramolecular Hbond substituents is 1. The lowest BCUT2D eigenvalue weighted by Crippen LogP contribution is -2.25. The zero-order valence-electron chi connectivity index (χ0n) is 9.88. The van der Waals surface area contributed by atoms with Gasteiger partial charge in [0.25, 0.3) is 5.91 Å². The van der Waals surface area contributed by atoms with Crippen LogP contribution in [0.25, 0.3) is 0 Å². The van der Waals surface area contributed by atoms with Crippen LogP contribution < -0.4 is 5.32 Å². The minimum atomic E-state index is -0.199. The van der Waals surface area contributed by atoms with Crippen molar-refractivity contribution in [2.45, 2.75) is 13.3 Å². The van der Waals surface area contributed by atoms with Crippen molar-refractivity contribution >= 4 is 5.91 Å². The SMILES string of the molecule is Cc1nc(CCNC(=O)c2ccc(O)cc2)no1.